The van der Waals surface area contributed by atoms with E-state index in [9.17, 15) is 4.79 Å². The number of hydrogen-bond donors (Lipinski definition) is 2. The summed E-state index contributed by atoms with van der Waals surface area (Å²) in [6.45, 7) is 1.85. The van der Waals surface area contributed by atoms with Crippen molar-refractivity contribution in [1.29, 1.82) is 0 Å². The number of thiazole rings is 1. The fraction of sp³-hybridized carbons (Fsp3) is 0.360. The highest BCUT2D eigenvalue weighted by Crippen LogP contribution is 2.40. The Morgan fingerprint density at radius 3 is 2.75 bits per heavy atom. The standard InChI is InChI=1S/C25H28N4O2S/c1-29-13-3-6-20(29)15-31-21-11-9-19(10-12-21)27-25-28-24(26)23(32-25)22(30)18-5-2-4-17(14-18)16-7-8-16/h2,4-5,9-12,14,16,20H,3,6-8,13,15,26H2,1H3,(H,27,28)/t20-/m0/s1. The van der Waals surface area contributed by atoms with Gasteiger partial charge < -0.3 is 20.7 Å². The molecule has 1 aliphatic carbocycles. The molecule has 6 nitrogen and oxygen atoms in total. The van der Waals surface area contributed by atoms with E-state index in [4.69, 9.17) is 10.5 Å². The first-order valence-corrected chi connectivity index (χ1v) is 12.0. The normalized spacial score (nSPS) is 18.6. The molecule has 32 heavy (non-hydrogen) atoms. The van der Waals surface area contributed by atoms with Crippen molar-refractivity contribution in [1.82, 2.24) is 9.88 Å². The van der Waals surface area contributed by atoms with E-state index in [1.54, 1.807) is 0 Å². The van der Waals surface area contributed by atoms with Crippen molar-refractivity contribution < 1.29 is 9.53 Å². The number of nitrogens with two attached hydrogens (primary N) is 1. The number of ether oxygens (including phenoxy) is 1. The molecular weight excluding hydrogens is 420 g/mol. The van der Waals surface area contributed by atoms with E-state index in [0.29, 0.717) is 34.1 Å². The number of nitrogen functional groups attached to an aromatic ring is 1. The lowest BCUT2D eigenvalue weighted by Gasteiger charge is -2.19. The Bertz CT molecular complexity index is 1110. The van der Waals surface area contributed by atoms with Crippen molar-refractivity contribution in [2.75, 3.05) is 31.2 Å². The van der Waals surface area contributed by atoms with Gasteiger partial charge >= 0.3 is 0 Å². The monoisotopic (exact) mass is 448 g/mol. The topological polar surface area (TPSA) is 80.5 Å². The highest BCUT2D eigenvalue weighted by molar-refractivity contribution is 7.18. The minimum Gasteiger partial charge on any atom is -0.492 e. The number of rotatable bonds is 8. The van der Waals surface area contributed by atoms with Gasteiger partial charge in [-0.3, -0.25) is 4.79 Å². The maximum atomic E-state index is 13.0. The third kappa shape index (κ3) is 4.64. The summed E-state index contributed by atoms with van der Waals surface area (Å²) in [5.74, 6) is 1.64. The molecule has 1 saturated carbocycles. The molecule has 5 rings (SSSR count). The van der Waals surface area contributed by atoms with Crippen LogP contribution in [0.3, 0.4) is 0 Å². The summed E-state index contributed by atoms with van der Waals surface area (Å²) < 4.78 is 5.95. The molecule has 2 heterocycles. The van der Waals surface area contributed by atoms with Crippen molar-refractivity contribution in [2.24, 2.45) is 0 Å². The summed E-state index contributed by atoms with van der Waals surface area (Å²) in [6, 6.07) is 16.2. The molecule has 0 radical (unpaired) electrons. The number of hydrogen-bond acceptors (Lipinski definition) is 7. The Kier molecular flexibility index (Phi) is 5.85. The fourth-order valence-corrected chi connectivity index (χ4v) is 5.04. The number of benzene rings is 2. The van der Waals surface area contributed by atoms with Gasteiger partial charge in [0.1, 0.15) is 23.1 Å². The number of nitrogens with one attached hydrogen (secondary N) is 1. The van der Waals surface area contributed by atoms with E-state index in [1.807, 2.05) is 42.5 Å². The van der Waals surface area contributed by atoms with Crippen LogP contribution in [0.5, 0.6) is 5.75 Å². The van der Waals surface area contributed by atoms with Crippen LogP contribution in [0.1, 0.15) is 52.4 Å². The molecule has 2 aliphatic rings. The summed E-state index contributed by atoms with van der Waals surface area (Å²) in [5.41, 5.74) is 8.87. The SMILES string of the molecule is CN1CCC[C@H]1COc1ccc(Nc2nc(N)c(C(=O)c3cccc(C4CC4)c3)s2)cc1. The van der Waals surface area contributed by atoms with Crippen LogP contribution in [0.2, 0.25) is 0 Å². The zero-order chi connectivity index (χ0) is 22.1. The number of likely N-dealkylation sites (tertiary alicyclic amines) is 1. The van der Waals surface area contributed by atoms with Crippen LogP contribution >= 0.6 is 11.3 Å². The largest absolute Gasteiger partial charge is 0.492 e. The molecule has 0 spiro atoms. The second-order valence-corrected chi connectivity index (χ2v) is 9.70. The smallest absolute Gasteiger partial charge is 0.206 e. The lowest BCUT2D eigenvalue weighted by molar-refractivity contribution is 0.104. The number of aromatic nitrogens is 1. The van der Waals surface area contributed by atoms with Gasteiger partial charge in [-0.25, -0.2) is 4.98 Å². The van der Waals surface area contributed by atoms with Gasteiger partial charge in [0.2, 0.25) is 5.78 Å². The molecular formula is C25H28N4O2S. The lowest BCUT2D eigenvalue weighted by Crippen LogP contribution is -2.30. The Morgan fingerprint density at radius 1 is 1.22 bits per heavy atom. The first-order chi connectivity index (χ1) is 15.6. The molecule has 1 atom stereocenters. The molecule has 2 fully saturated rings. The third-order valence-electron chi connectivity index (χ3n) is 6.28. The number of ketones is 1. The van der Waals surface area contributed by atoms with Gasteiger partial charge in [-0.1, -0.05) is 29.5 Å². The minimum absolute atomic E-state index is 0.0730. The zero-order valence-corrected chi connectivity index (χ0v) is 19.0. The van der Waals surface area contributed by atoms with Gasteiger partial charge in [0.15, 0.2) is 5.13 Å². The van der Waals surface area contributed by atoms with Gasteiger partial charge in [-0.05, 0) is 81.1 Å². The van der Waals surface area contributed by atoms with E-state index < -0.39 is 0 Å². The van der Waals surface area contributed by atoms with Crippen LogP contribution in [0.25, 0.3) is 0 Å². The molecule has 1 aliphatic heterocycles. The Morgan fingerprint density at radius 2 is 2.03 bits per heavy atom. The van der Waals surface area contributed by atoms with Gasteiger partial charge in [-0.15, -0.1) is 0 Å². The number of likely N-dealkylation sites (N-methyl/N-ethyl adjacent to an activating group) is 1. The average molecular weight is 449 g/mol. The van der Waals surface area contributed by atoms with Crippen LogP contribution in [-0.2, 0) is 0 Å². The van der Waals surface area contributed by atoms with E-state index >= 15 is 0 Å². The summed E-state index contributed by atoms with van der Waals surface area (Å²) in [6.07, 6.45) is 4.83. The molecule has 1 aromatic heterocycles. The van der Waals surface area contributed by atoms with E-state index in [-0.39, 0.29) is 11.6 Å². The summed E-state index contributed by atoms with van der Waals surface area (Å²) in [5, 5.41) is 3.86. The number of nitrogens with zero attached hydrogens (tertiary/aromatic N) is 2. The number of carbonyl (C=O) groups is 1. The molecule has 7 heteroatoms. The molecule has 3 N–H and O–H groups in total. The first kappa shape index (κ1) is 21.0. The molecule has 0 bridgehead atoms. The molecule has 2 aromatic carbocycles. The predicted molar refractivity (Wildman–Crippen MR) is 129 cm³/mol. The average Bonchev–Trinajstić information content (AvgIpc) is 3.49. The predicted octanol–water partition coefficient (Wildman–Crippen LogP) is 5.05. The van der Waals surface area contributed by atoms with Crippen molar-refractivity contribution in [3.8, 4) is 5.75 Å². The van der Waals surface area contributed by atoms with E-state index in [0.717, 1.165) is 18.0 Å². The van der Waals surface area contributed by atoms with Gasteiger partial charge in [0.05, 0.1) is 0 Å². The highest BCUT2D eigenvalue weighted by Gasteiger charge is 2.25. The Hall–Kier alpha value is -2.90. The van der Waals surface area contributed by atoms with Crippen LogP contribution in [0.15, 0.2) is 48.5 Å². The quantitative estimate of drug-likeness (QED) is 0.470. The van der Waals surface area contributed by atoms with Crippen molar-refractivity contribution >= 4 is 33.8 Å². The number of anilines is 3. The highest BCUT2D eigenvalue weighted by atomic mass is 32.1. The van der Waals surface area contributed by atoms with Crippen molar-refractivity contribution in [3.05, 3.63) is 64.5 Å². The molecule has 166 valence electrons. The Labute approximate surface area is 192 Å². The molecule has 1 saturated heterocycles. The first-order valence-electron chi connectivity index (χ1n) is 11.2. The maximum Gasteiger partial charge on any atom is 0.206 e. The van der Waals surface area contributed by atoms with Crippen LogP contribution in [0, 0.1) is 0 Å². The number of carbonyl (C=O) groups excluding carboxylic acids is 1. The van der Waals surface area contributed by atoms with Crippen molar-refractivity contribution in [3.63, 3.8) is 0 Å². The fourth-order valence-electron chi connectivity index (χ4n) is 4.17. The van der Waals surface area contributed by atoms with Crippen molar-refractivity contribution in [2.45, 2.75) is 37.6 Å². The summed E-state index contributed by atoms with van der Waals surface area (Å²) in [7, 11) is 2.15. The zero-order valence-electron chi connectivity index (χ0n) is 18.2. The summed E-state index contributed by atoms with van der Waals surface area (Å²) in [4.78, 5) is 20.2. The summed E-state index contributed by atoms with van der Waals surface area (Å²) >= 11 is 1.29. The minimum atomic E-state index is -0.0730. The van der Waals surface area contributed by atoms with Crippen LogP contribution in [-0.4, -0.2) is 41.9 Å². The molecule has 0 amide bonds. The van der Waals surface area contributed by atoms with E-state index in [1.165, 1.54) is 42.6 Å². The van der Waals surface area contributed by atoms with Crippen LogP contribution in [0.4, 0.5) is 16.6 Å². The van der Waals surface area contributed by atoms with Crippen LogP contribution < -0.4 is 15.8 Å². The van der Waals surface area contributed by atoms with Gasteiger partial charge in [0, 0.05) is 17.3 Å². The van der Waals surface area contributed by atoms with Gasteiger partial charge in [-0.2, -0.15) is 0 Å². The molecule has 0 unspecified atom stereocenters. The van der Waals surface area contributed by atoms with Gasteiger partial charge in [0.25, 0.3) is 0 Å². The third-order valence-corrected chi connectivity index (χ3v) is 7.26. The second-order valence-electron chi connectivity index (χ2n) is 8.70. The Balaban J connectivity index is 1.23. The lowest BCUT2D eigenvalue weighted by atomic mass is 10.0. The molecule has 3 aromatic rings. The second kappa shape index (κ2) is 8.92. The maximum absolute atomic E-state index is 13.0. The van der Waals surface area contributed by atoms with E-state index in [2.05, 4.69) is 28.3 Å².